The van der Waals surface area contributed by atoms with Crippen LogP contribution in [0.5, 0.6) is 11.5 Å². The van der Waals surface area contributed by atoms with E-state index in [9.17, 15) is 4.79 Å². The van der Waals surface area contributed by atoms with Crippen LogP contribution in [0.2, 0.25) is 0 Å². The van der Waals surface area contributed by atoms with E-state index >= 15 is 0 Å². The van der Waals surface area contributed by atoms with Crippen LogP contribution < -0.4 is 14.8 Å². The third-order valence-corrected chi connectivity index (χ3v) is 2.59. The Morgan fingerprint density at radius 2 is 2.28 bits per heavy atom. The topological polar surface area (TPSA) is 71.4 Å². The number of nitrogens with one attached hydrogen (secondary N) is 1. The van der Waals surface area contributed by atoms with E-state index in [2.05, 4.69) is 5.32 Å². The Kier molecular flexibility index (Phi) is 3.68. The number of hydrogen-bond donors (Lipinski definition) is 1. The van der Waals surface area contributed by atoms with Crippen molar-refractivity contribution >= 4 is 5.91 Å². The summed E-state index contributed by atoms with van der Waals surface area (Å²) in [6.07, 6.45) is 0.276. The number of fused-ring (bicyclic) bond motifs is 1. The number of nitrogens with zero attached hydrogens (tertiary/aromatic N) is 1. The first-order chi connectivity index (χ1) is 8.72. The van der Waals surface area contributed by atoms with E-state index in [0.29, 0.717) is 30.3 Å². The van der Waals surface area contributed by atoms with Crippen molar-refractivity contribution in [2.24, 2.45) is 0 Å². The predicted molar refractivity (Wildman–Crippen MR) is 64.6 cm³/mol. The van der Waals surface area contributed by atoms with Gasteiger partial charge in [0.05, 0.1) is 18.1 Å². The molecule has 18 heavy (non-hydrogen) atoms. The molecule has 0 saturated heterocycles. The lowest BCUT2D eigenvalue weighted by molar-refractivity contribution is 0.0929. The van der Waals surface area contributed by atoms with E-state index in [1.807, 2.05) is 6.07 Å². The lowest BCUT2D eigenvalue weighted by Crippen LogP contribution is -2.33. The zero-order chi connectivity index (χ0) is 13.0. The summed E-state index contributed by atoms with van der Waals surface area (Å²) in [5.74, 6) is 0.812. The molecule has 0 radical (unpaired) electrons. The summed E-state index contributed by atoms with van der Waals surface area (Å²) in [5.41, 5.74) is 0.442. The fraction of sp³-hybridized carbons (Fsp3) is 0.385. The van der Waals surface area contributed by atoms with Gasteiger partial charge in [0.25, 0.3) is 5.91 Å². The van der Waals surface area contributed by atoms with E-state index in [1.54, 1.807) is 25.1 Å². The lowest BCUT2D eigenvalue weighted by Gasteiger charge is -2.21. The first-order valence-corrected chi connectivity index (χ1v) is 5.79. The zero-order valence-corrected chi connectivity index (χ0v) is 10.1. The molecule has 0 spiro atoms. The highest BCUT2D eigenvalue weighted by molar-refractivity contribution is 5.98. The van der Waals surface area contributed by atoms with Gasteiger partial charge in [0, 0.05) is 6.04 Å². The van der Waals surface area contributed by atoms with Gasteiger partial charge in [-0.3, -0.25) is 4.79 Å². The van der Waals surface area contributed by atoms with Crippen molar-refractivity contribution in [1.29, 1.82) is 5.26 Å². The van der Waals surface area contributed by atoms with E-state index in [1.165, 1.54) is 0 Å². The van der Waals surface area contributed by atoms with Crippen molar-refractivity contribution in [1.82, 2.24) is 5.32 Å². The summed E-state index contributed by atoms with van der Waals surface area (Å²) in [5, 5.41) is 11.3. The van der Waals surface area contributed by atoms with Gasteiger partial charge in [-0.15, -0.1) is 0 Å². The third kappa shape index (κ3) is 2.54. The molecular formula is C13H14N2O3. The fourth-order valence-corrected chi connectivity index (χ4v) is 1.74. The standard InChI is InChI=1S/C13H14N2O3/c1-9(5-6-14)15-13(16)10-3-2-4-11-12(10)18-8-7-17-11/h2-4,9H,5,7-8H2,1H3,(H,15,16). The number of nitriles is 1. The Labute approximate surface area is 105 Å². The average Bonchev–Trinajstić information content (AvgIpc) is 2.38. The van der Waals surface area contributed by atoms with E-state index in [0.717, 1.165) is 0 Å². The molecule has 0 aliphatic carbocycles. The number of rotatable bonds is 3. The minimum absolute atomic E-state index is 0.192. The second kappa shape index (κ2) is 5.41. The number of benzene rings is 1. The highest BCUT2D eigenvalue weighted by Gasteiger charge is 2.21. The van der Waals surface area contributed by atoms with Gasteiger partial charge in [0.15, 0.2) is 11.5 Å². The Balaban J connectivity index is 2.18. The van der Waals surface area contributed by atoms with Gasteiger partial charge in [-0.1, -0.05) is 6.07 Å². The van der Waals surface area contributed by atoms with Crippen LogP contribution in [0, 0.1) is 11.3 Å². The maximum absolute atomic E-state index is 12.0. The van der Waals surface area contributed by atoms with Crippen LogP contribution in [0.4, 0.5) is 0 Å². The average molecular weight is 246 g/mol. The first kappa shape index (κ1) is 12.2. The molecule has 0 bridgehead atoms. The summed E-state index contributed by atoms with van der Waals surface area (Å²) in [6.45, 7) is 2.71. The highest BCUT2D eigenvalue weighted by Crippen LogP contribution is 2.33. The van der Waals surface area contributed by atoms with Crippen LogP contribution >= 0.6 is 0 Å². The molecule has 1 aromatic carbocycles. The van der Waals surface area contributed by atoms with E-state index in [-0.39, 0.29) is 18.4 Å². The van der Waals surface area contributed by atoms with Crippen LogP contribution in [-0.2, 0) is 0 Å². The molecular weight excluding hydrogens is 232 g/mol. The molecule has 1 unspecified atom stereocenters. The van der Waals surface area contributed by atoms with Crippen molar-refractivity contribution in [3.05, 3.63) is 23.8 Å². The summed E-state index contributed by atoms with van der Waals surface area (Å²) in [4.78, 5) is 12.0. The molecule has 94 valence electrons. The molecule has 1 atom stereocenters. The van der Waals surface area contributed by atoms with Crippen molar-refractivity contribution in [2.75, 3.05) is 13.2 Å². The summed E-state index contributed by atoms with van der Waals surface area (Å²) >= 11 is 0. The third-order valence-electron chi connectivity index (χ3n) is 2.59. The molecule has 5 nitrogen and oxygen atoms in total. The van der Waals surface area contributed by atoms with Gasteiger partial charge < -0.3 is 14.8 Å². The predicted octanol–water partition coefficient (Wildman–Crippen LogP) is 1.49. The number of amides is 1. The van der Waals surface area contributed by atoms with Gasteiger partial charge in [-0.2, -0.15) is 5.26 Å². The van der Waals surface area contributed by atoms with Crippen LogP contribution in [0.25, 0.3) is 0 Å². The van der Waals surface area contributed by atoms with E-state index < -0.39 is 0 Å². The molecule has 1 aliphatic heterocycles. The Bertz CT molecular complexity index is 493. The molecule has 1 aliphatic rings. The van der Waals surface area contributed by atoms with Gasteiger partial charge in [0.1, 0.15) is 13.2 Å². The Morgan fingerprint density at radius 1 is 1.50 bits per heavy atom. The first-order valence-electron chi connectivity index (χ1n) is 5.79. The number of carbonyl (C=O) groups excluding carboxylic acids is 1. The number of ether oxygens (including phenoxy) is 2. The van der Waals surface area contributed by atoms with Gasteiger partial charge in [0.2, 0.25) is 0 Å². The lowest BCUT2D eigenvalue weighted by atomic mass is 10.1. The summed E-state index contributed by atoms with van der Waals surface area (Å²) in [7, 11) is 0. The van der Waals surface area contributed by atoms with E-state index in [4.69, 9.17) is 14.7 Å². The molecule has 1 heterocycles. The number of para-hydroxylation sites is 1. The molecule has 5 heteroatoms. The van der Waals surface area contributed by atoms with Gasteiger partial charge in [-0.05, 0) is 19.1 Å². The van der Waals surface area contributed by atoms with Crippen molar-refractivity contribution < 1.29 is 14.3 Å². The summed E-state index contributed by atoms with van der Waals surface area (Å²) < 4.78 is 10.9. The normalized spacial score (nSPS) is 14.4. The molecule has 1 N–H and O–H groups in total. The minimum atomic E-state index is -0.250. The quantitative estimate of drug-likeness (QED) is 0.877. The van der Waals surface area contributed by atoms with Crippen LogP contribution in [0.15, 0.2) is 18.2 Å². The molecule has 0 aromatic heterocycles. The Hall–Kier alpha value is -2.22. The van der Waals surface area contributed by atoms with Crippen molar-refractivity contribution in [3.63, 3.8) is 0 Å². The van der Waals surface area contributed by atoms with Crippen LogP contribution in [-0.4, -0.2) is 25.2 Å². The number of carbonyl (C=O) groups is 1. The summed E-state index contributed by atoms with van der Waals surface area (Å²) in [6, 6.07) is 7.02. The molecule has 1 amide bonds. The largest absolute Gasteiger partial charge is 0.486 e. The molecule has 0 fully saturated rings. The monoisotopic (exact) mass is 246 g/mol. The maximum Gasteiger partial charge on any atom is 0.255 e. The second-order valence-corrected chi connectivity index (χ2v) is 4.07. The molecule has 2 rings (SSSR count). The second-order valence-electron chi connectivity index (χ2n) is 4.07. The van der Waals surface area contributed by atoms with Gasteiger partial charge in [-0.25, -0.2) is 0 Å². The number of hydrogen-bond acceptors (Lipinski definition) is 4. The maximum atomic E-state index is 12.0. The molecule has 1 aromatic rings. The van der Waals surface area contributed by atoms with Crippen molar-refractivity contribution in [3.8, 4) is 17.6 Å². The zero-order valence-electron chi connectivity index (χ0n) is 10.1. The van der Waals surface area contributed by atoms with Crippen molar-refractivity contribution in [2.45, 2.75) is 19.4 Å². The molecule has 0 saturated carbocycles. The smallest absolute Gasteiger partial charge is 0.255 e. The minimum Gasteiger partial charge on any atom is -0.486 e. The highest BCUT2D eigenvalue weighted by atomic mass is 16.6. The van der Waals surface area contributed by atoms with Crippen LogP contribution in [0.3, 0.4) is 0 Å². The van der Waals surface area contributed by atoms with Gasteiger partial charge >= 0.3 is 0 Å². The Morgan fingerprint density at radius 3 is 3.06 bits per heavy atom. The van der Waals surface area contributed by atoms with Crippen LogP contribution in [0.1, 0.15) is 23.7 Å². The SMILES string of the molecule is CC(CC#N)NC(=O)c1cccc2c1OCCO2. The fourth-order valence-electron chi connectivity index (χ4n) is 1.74.